The first-order valence-corrected chi connectivity index (χ1v) is 9.79. The molecule has 0 aliphatic carbocycles. The van der Waals surface area contributed by atoms with Crippen molar-refractivity contribution in [1.29, 1.82) is 0 Å². The van der Waals surface area contributed by atoms with Crippen molar-refractivity contribution >= 4 is 41.1 Å². The van der Waals surface area contributed by atoms with Gasteiger partial charge in [0.15, 0.2) is 14.1 Å². The molecule has 4 nitrogen and oxygen atoms in total. The molecule has 1 atom stereocenters. The van der Waals surface area contributed by atoms with Crippen molar-refractivity contribution < 1.29 is 13.9 Å². The van der Waals surface area contributed by atoms with E-state index in [2.05, 4.69) is 5.10 Å². The number of ketones is 1. The Balaban J connectivity index is 1.76. The van der Waals surface area contributed by atoms with Gasteiger partial charge in [0.2, 0.25) is 0 Å². The van der Waals surface area contributed by atoms with Crippen LogP contribution >= 0.6 is 35.3 Å². The predicted molar refractivity (Wildman–Crippen MR) is 105 cm³/mol. The summed E-state index contributed by atoms with van der Waals surface area (Å²) in [7, 11) is 1.58. The summed E-state index contributed by atoms with van der Waals surface area (Å²) in [5, 5.41) is 4.14. The summed E-state index contributed by atoms with van der Waals surface area (Å²) in [6, 6.07) is 13.0. The second-order valence-corrected chi connectivity index (χ2v) is 8.59. The number of nitrogens with zero attached hydrogens (tertiary/aromatic N) is 2. The SMILES string of the molecule is COc1ccc(C(=O)[C@H](C)Sc2nn(-c3ccc(F)cc3)c(=S)s2)cc1. The highest BCUT2D eigenvalue weighted by atomic mass is 32.2. The number of benzene rings is 2. The Morgan fingerprint density at radius 3 is 2.50 bits per heavy atom. The fourth-order valence-electron chi connectivity index (χ4n) is 2.25. The summed E-state index contributed by atoms with van der Waals surface area (Å²) >= 11 is 8.02. The van der Waals surface area contributed by atoms with Crippen LogP contribution in [0.25, 0.3) is 5.69 Å². The molecule has 0 radical (unpaired) electrons. The molecule has 1 heterocycles. The third-order valence-corrected chi connectivity index (χ3v) is 6.04. The van der Waals surface area contributed by atoms with E-state index in [-0.39, 0.29) is 16.9 Å². The van der Waals surface area contributed by atoms with E-state index in [0.29, 0.717) is 25.3 Å². The standard InChI is InChI=1S/C18H15FN2O2S3/c1-11(16(22)12-3-9-15(23-2)10-4-12)25-17-20-21(18(24)26-17)14-7-5-13(19)6-8-14/h3-11H,1-2H3/t11-/m0/s1. The van der Waals surface area contributed by atoms with Gasteiger partial charge in [-0.25, -0.2) is 9.07 Å². The molecule has 0 N–H and O–H groups in total. The van der Waals surface area contributed by atoms with E-state index in [0.717, 1.165) is 0 Å². The summed E-state index contributed by atoms with van der Waals surface area (Å²) in [5.74, 6) is 0.397. The Labute approximate surface area is 163 Å². The van der Waals surface area contributed by atoms with Crippen LogP contribution < -0.4 is 4.74 Å². The lowest BCUT2D eigenvalue weighted by atomic mass is 10.1. The summed E-state index contributed by atoms with van der Waals surface area (Å²) < 4.78 is 21.0. The molecule has 0 saturated heterocycles. The van der Waals surface area contributed by atoms with Crippen molar-refractivity contribution in [3.8, 4) is 11.4 Å². The van der Waals surface area contributed by atoms with Crippen LogP contribution in [-0.4, -0.2) is 27.9 Å². The van der Waals surface area contributed by atoms with Crippen molar-refractivity contribution in [3.63, 3.8) is 0 Å². The molecule has 3 aromatic rings. The highest BCUT2D eigenvalue weighted by Gasteiger charge is 2.19. The van der Waals surface area contributed by atoms with E-state index < -0.39 is 0 Å². The van der Waals surface area contributed by atoms with Crippen LogP contribution in [0, 0.1) is 9.77 Å². The number of ether oxygens (including phenoxy) is 1. The van der Waals surface area contributed by atoms with Crippen molar-refractivity contribution in [2.45, 2.75) is 16.5 Å². The van der Waals surface area contributed by atoms with Crippen molar-refractivity contribution in [1.82, 2.24) is 9.78 Å². The average Bonchev–Trinajstić information content (AvgIpc) is 3.02. The maximum absolute atomic E-state index is 13.1. The Hall–Kier alpha value is -2.03. The van der Waals surface area contributed by atoms with E-state index in [4.69, 9.17) is 17.0 Å². The fraction of sp³-hybridized carbons (Fsp3) is 0.167. The van der Waals surface area contributed by atoms with E-state index in [1.54, 1.807) is 48.2 Å². The highest BCUT2D eigenvalue weighted by Crippen LogP contribution is 2.29. The van der Waals surface area contributed by atoms with Crippen molar-refractivity contribution in [2.75, 3.05) is 7.11 Å². The van der Waals surface area contributed by atoms with Crippen LogP contribution in [0.4, 0.5) is 4.39 Å². The summed E-state index contributed by atoms with van der Waals surface area (Å²) in [5.41, 5.74) is 1.31. The van der Waals surface area contributed by atoms with Gasteiger partial charge in [-0.3, -0.25) is 4.79 Å². The number of rotatable bonds is 6. The number of hydrogen-bond acceptors (Lipinski definition) is 6. The van der Waals surface area contributed by atoms with Crippen LogP contribution in [0.3, 0.4) is 0 Å². The van der Waals surface area contributed by atoms with Gasteiger partial charge in [0.25, 0.3) is 0 Å². The first-order chi connectivity index (χ1) is 12.5. The molecule has 2 aromatic carbocycles. The number of thioether (sulfide) groups is 1. The quantitative estimate of drug-likeness (QED) is 0.321. The zero-order chi connectivity index (χ0) is 18.7. The molecule has 0 aliphatic heterocycles. The number of carbonyl (C=O) groups excluding carboxylic acids is 1. The van der Waals surface area contributed by atoms with Crippen LogP contribution in [0.15, 0.2) is 52.9 Å². The zero-order valence-corrected chi connectivity index (χ0v) is 16.5. The Kier molecular flexibility index (Phi) is 5.85. The molecule has 0 fully saturated rings. The number of halogens is 1. The monoisotopic (exact) mass is 406 g/mol. The number of methoxy groups -OCH3 is 1. The number of Topliss-reactive ketones (excluding diaryl/α,β-unsaturated/α-hetero) is 1. The fourth-order valence-corrected chi connectivity index (χ4v) is 4.83. The molecule has 1 aromatic heterocycles. The van der Waals surface area contributed by atoms with E-state index in [1.807, 2.05) is 6.92 Å². The smallest absolute Gasteiger partial charge is 0.184 e. The van der Waals surface area contributed by atoms with Crippen LogP contribution in [0.5, 0.6) is 5.75 Å². The number of hydrogen-bond donors (Lipinski definition) is 0. The Morgan fingerprint density at radius 2 is 1.88 bits per heavy atom. The van der Waals surface area contributed by atoms with Gasteiger partial charge in [-0.05, 0) is 67.7 Å². The largest absolute Gasteiger partial charge is 0.497 e. The number of aromatic nitrogens is 2. The van der Waals surface area contributed by atoms with E-state index in [9.17, 15) is 9.18 Å². The highest BCUT2D eigenvalue weighted by molar-refractivity contribution is 8.02. The molecule has 0 unspecified atom stereocenters. The lowest BCUT2D eigenvalue weighted by molar-refractivity contribution is 0.0994. The van der Waals surface area contributed by atoms with Gasteiger partial charge in [0.05, 0.1) is 18.0 Å². The molecule has 134 valence electrons. The molecule has 0 bridgehead atoms. The Bertz CT molecular complexity index is 965. The molecular formula is C18H15FN2O2S3. The Morgan fingerprint density at radius 1 is 1.23 bits per heavy atom. The van der Waals surface area contributed by atoms with Crippen LogP contribution in [-0.2, 0) is 0 Å². The number of carbonyl (C=O) groups is 1. The van der Waals surface area contributed by atoms with Crippen molar-refractivity contribution in [3.05, 3.63) is 63.9 Å². The van der Waals surface area contributed by atoms with Crippen LogP contribution in [0.2, 0.25) is 0 Å². The second kappa shape index (κ2) is 8.11. The normalized spacial score (nSPS) is 12.0. The van der Waals surface area contributed by atoms with E-state index >= 15 is 0 Å². The molecule has 0 saturated carbocycles. The van der Waals surface area contributed by atoms with Gasteiger partial charge >= 0.3 is 0 Å². The molecule has 3 rings (SSSR count). The maximum atomic E-state index is 13.1. The minimum absolute atomic E-state index is 0.00658. The molecule has 8 heteroatoms. The van der Waals surface area contributed by atoms with Gasteiger partial charge in [0.1, 0.15) is 11.6 Å². The third kappa shape index (κ3) is 4.20. The summed E-state index contributed by atoms with van der Waals surface area (Å²) in [4.78, 5) is 12.6. The molecule has 0 spiro atoms. The minimum atomic E-state index is -0.316. The molecule has 0 aliphatic rings. The van der Waals surface area contributed by atoms with Gasteiger partial charge < -0.3 is 4.74 Å². The summed E-state index contributed by atoms with van der Waals surface area (Å²) in [6.07, 6.45) is 0. The first kappa shape index (κ1) is 18.8. The lowest BCUT2D eigenvalue weighted by Gasteiger charge is -2.08. The molecule has 0 amide bonds. The zero-order valence-electron chi connectivity index (χ0n) is 14.0. The van der Waals surface area contributed by atoms with Gasteiger partial charge in [-0.1, -0.05) is 23.1 Å². The summed E-state index contributed by atoms with van der Waals surface area (Å²) in [6.45, 7) is 1.84. The van der Waals surface area contributed by atoms with Gasteiger partial charge in [-0.15, -0.1) is 5.10 Å². The third-order valence-electron chi connectivity index (χ3n) is 3.62. The lowest BCUT2D eigenvalue weighted by Crippen LogP contribution is -2.13. The van der Waals surface area contributed by atoms with Crippen LogP contribution in [0.1, 0.15) is 17.3 Å². The predicted octanol–water partition coefficient (Wildman–Crippen LogP) is 5.17. The van der Waals surface area contributed by atoms with Gasteiger partial charge in [0, 0.05) is 5.56 Å². The topological polar surface area (TPSA) is 44.1 Å². The maximum Gasteiger partial charge on any atom is 0.184 e. The molecular weight excluding hydrogens is 391 g/mol. The van der Waals surface area contributed by atoms with Gasteiger partial charge in [-0.2, -0.15) is 0 Å². The van der Waals surface area contributed by atoms with E-state index in [1.165, 1.54) is 35.2 Å². The first-order valence-electron chi connectivity index (χ1n) is 7.69. The minimum Gasteiger partial charge on any atom is -0.497 e. The molecule has 26 heavy (non-hydrogen) atoms. The average molecular weight is 407 g/mol. The second-order valence-electron chi connectivity index (χ2n) is 5.37. The van der Waals surface area contributed by atoms with Crippen molar-refractivity contribution in [2.24, 2.45) is 0 Å².